The van der Waals surface area contributed by atoms with E-state index in [1.54, 1.807) is 11.3 Å². The van der Waals surface area contributed by atoms with Gasteiger partial charge in [0.2, 0.25) is 0 Å². The molecule has 1 aliphatic heterocycles. The van der Waals surface area contributed by atoms with Gasteiger partial charge in [0.05, 0.1) is 18.1 Å². The second kappa shape index (κ2) is 8.29. The van der Waals surface area contributed by atoms with Crippen LogP contribution in [0.4, 0.5) is 5.69 Å². The van der Waals surface area contributed by atoms with E-state index in [9.17, 15) is 14.9 Å². The summed E-state index contributed by atoms with van der Waals surface area (Å²) in [4.78, 5) is 26.7. The van der Waals surface area contributed by atoms with Crippen LogP contribution in [0.15, 0.2) is 35.7 Å². The lowest BCUT2D eigenvalue weighted by atomic mass is 10.1. The second-order valence-corrected chi connectivity index (χ2v) is 7.11. The highest BCUT2D eigenvalue weighted by Gasteiger charge is 2.25. The van der Waals surface area contributed by atoms with Crippen LogP contribution in [0.3, 0.4) is 0 Å². The third-order valence-electron chi connectivity index (χ3n) is 4.55. The molecule has 1 amide bonds. The summed E-state index contributed by atoms with van der Waals surface area (Å²) in [5.74, 6) is -0.184. The number of methoxy groups -OCH3 is 1. The molecule has 0 radical (unpaired) electrons. The maximum Gasteiger partial charge on any atom is 0.311 e. The Morgan fingerprint density at radius 3 is 2.77 bits per heavy atom. The molecular formula is C18H21N3O4S. The Bertz CT molecular complexity index is 773. The van der Waals surface area contributed by atoms with Gasteiger partial charge in [-0.2, -0.15) is 0 Å². The summed E-state index contributed by atoms with van der Waals surface area (Å²) in [5.41, 5.74) is 0.0401. The van der Waals surface area contributed by atoms with Crippen LogP contribution in [0.25, 0.3) is 0 Å². The molecule has 8 heteroatoms. The minimum atomic E-state index is -0.547. The number of nitro groups is 1. The van der Waals surface area contributed by atoms with Crippen molar-refractivity contribution in [3.05, 3.63) is 56.3 Å². The number of rotatable bonds is 7. The number of nitro benzene ring substituents is 1. The number of carbonyl (C=O) groups excluding carboxylic acids is 1. The van der Waals surface area contributed by atoms with Gasteiger partial charge in [-0.3, -0.25) is 19.8 Å². The third-order valence-corrected chi connectivity index (χ3v) is 5.52. The smallest absolute Gasteiger partial charge is 0.311 e. The molecule has 1 N–H and O–H groups in total. The van der Waals surface area contributed by atoms with Gasteiger partial charge in [0.15, 0.2) is 5.75 Å². The van der Waals surface area contributed by atoms with Crippen molar-refractivity contribution in [1.82, 2.24) is 10.2 Å². The van der Waals surface area contributed by atoms with Crippen LogP contribution >= 0.6 is 11.3 Å². The maximum atomic E-state index is 12.5. The Morgan fingerprint density at radius 2 is 2.15 bits per heavy atom. The predicted molar refractivity (Wildman–Crippen MR) is 99.8 cm³/mol. The molecule has 0 bridgehead atoms. The Kier molecular flexibility index (Phi) is 5.85. The van der Waals surface area contributed by atoms with Gasteiger partial charge >= 0.3 is 5.69 Å². The number of benzene rings is 1. The van der Waals surface area contributed by atoms with E-state index < -0.39 is 4.92 Å². The lowest BCUT2D eigenvalue weighted by Gasteiger charge is -2.26. The highest BCUT2D eigenvalue weighted by molar-refractivity contribution is 7.10. The molecule has 1 fully saturated rings. The Hall–Kier alpha value is -2.45. The fraction of sp³-hybridized carbons (Fsp3) is 0.389. The predicted octanol–water partition coefficient (Wildman–Crippen LogP) is 3.23. The molecule has 7 nitrogen and oxygen atoms in total. The van der Waals surface area contributed by atoms with Crippen molar-refractivity contribution < 1.29 is 14.5 Å². The quantitative estimate of drug-likeness (QED) is 0.593. The number of hydrogen-bond donors (Lipinski definition) is 1. The van der Waals surface area contributed by atoms with Crippen LogP contribution in [-0.2, 0) is 0 Å². The molecule has 26 heavy (non-hydrogen) atoms. The van der Waals surface area contributed by atoms with E-state index in [-0.39, 0.29) is 28.9 Å². The number of likely N-dealkylation sites (tertiary alicyclic amines) is 1. The molecule has 0 aliphatic carbocycles. The van der Waals surface area contributed by atoms with Crippen molar-refractivity contribution in [2.75, 3.05) is 26.7 Å². The molecule has 0 saturated carbocycles. The average Bonchev–Trinajstić information content (AvgIpc) is 3.35. The summed E-state index contributed by atoms with van der Waals surface area (Å²) < 4.78 is 4.98. The van der Waals surface area contributed by atoms with E-state index in [1.807, 2.05) is 11.4 Å². The number of hydrogen-bond acceptors (Lipinski definition) is 6. The zero-order valence-corrected chi connectivity index (χ0v) is 15.3. The normalized spacial score (nSPS) is 15.6. The first-order valence-corrected chi connectivity index (χ1v) is 9.36. The molecule has 1 aromatic carbocycles. The molecule has 1 aromatic heterocycles. The Morgan fingerprint density at radius 1 is 1.38 bits per heavy atom. The molecule has 1 saturated heterocycles. The summed E-state index contributed by atoms with van der Waals surface area (Å²) in [5, 5.41) is 16.1. The molecule has 2 aromatic rings. The SMILES string of the molecule is COc1ccc(C(=O)NC[C@H](c2cccs2)N2CCCC2)cc1[N+](=O)[O-]. The Labute approximate surface area is 155 Å². The van der Waals surface area contributed by atoms with Gasteiger partial charge in [-0.25, -0.2) is 0 Å². The first-order valence-electron chi connectivity index (χ1n) is 8.48. The number of carbonyl (C=O) groups is 1. The number of nitrogens with one attached hydrogen (secondary N) is 1. The van der Waals surface area contributed by atoms with Crippen LogP contribution in [0.1, 0.15) is 34.1 Å². The van der Waals surface area contributed by atoms with Crippen LogP contribution in [-0.4, -0.2) is 42.5 Å². The van der Waals surface area contributed by atoms with Gasteiger partial charge in [-0.05, 0) is 49.5 Å². The fourth-order valence-electron chi connectivity index (χ4n) is 3.21. The molecule has 3 rings (SSSR count). The fourth-order valence-corrected chi connectivity index (χ4v) is 4.07. The van der Waals surface area contributed by atoms with Crippen LogP contribution in [0, 0.1) is 10.1 Å². The van der Waals surface area contributed by atoms with E-state index in [1.165, 1.54) is 43.0 Å². The largest absolute Gasteiger partial charge is 0.490 e. The van der Waals surface area contributed by atoms with Crippen molar-refractivity contribution >= 4 is 22.9 Å². The van der Waals surface area contributed by atoms with Gasteiger partial charge in [0, 0.05) is 23.1 Å². The molecule has 0 spiro atoms. The lowest BCUT2D eigenvalue weighted by Crippen LogP contribution is -2.36. The van der Waals surface area contributed by atoms with Crippen LogP contribution < -0.4 is 10.1 Å². The lowest BCUT2D eigenvalue weighted by molar-refractivity contribution is -0.385. The highest BCUT2D eigenvalue weighted by atomic mass is 32.1. The zero-order chi connectivity index (χ0) is 18.5. The molecule has 1 aliphatic rings. The number of nitrogens with zero attached hydrogens (tertiary/aromatic N) is 2. The van der Waals surface area contributed by atoms with E-state index in [4.69, 9.17) is 4.74 Å². The Balaban J connectivity index is 1.72. The van der Waals surface area contributed by atoms with E-state index in [2.05, 4.69) is 16.3 Å². The second-order valence-electron chi connectivity index (χ2n) is 6.13. The van der Waals surface area contributed by atoms with Gasteiger partial charge in [0.25, 0.3) is 5.91 Å². The van der Waals surface area contributed by atoms with Gasteiger partial charge in [-0.15, -0.1) is 11.3 Å². The number of ether oxygens (including phenoxy) is 1. The third kappa shape index (κ3) is 4.03. The highest BCUT2D eigenvalue weighted by Crippen LogP contribution is 2.29. The van der Waals surface area contributed by atoms with Crippen molar-refractivity contribution in [1.29, 1.82) is 0 Å². The molecule has 0 unspecified atom stereocenters. The maximum absolute atomic E-state index is 12.5. The summed E-state index contributed by atoms with van der Waals surface area (Å²) in [7, 11) is 1.36. The van der Waals surface area contributed by atoms with E-state index in [0.717, 1.165) is 13.1 Å². The zero-order valence-electron chi connectivity index (χ0n) is 14.5. The first-order chi connectivity index (χ1) is 12.6. The summed E-state index contributed by atoms with van der Waals surface area (Å²) in [6.07, 6.45) is 2.33. The summed E-state index contributed by atoms with van der Waals surface area (Å²) in [6, 6.07) is 8.47. The summed E-state index contributed by atoms with van der Waals surface area (Å²) in [6.45, 7) is 2.51. The monoisotopic (exact) mass is 375 g/mol. The van der Waals surface area contributed by atoms with Crippen molar-refractivity contribution in [3.63, 3.8) is 0 Å². The van der Waals surface area contributed by atoms with Gasteiger partial charge < -0.3 is 10.1 Å². The van der Waals surface area contributed by atoms with Gasteiger partial charge in [-0.1, -0.05) is 6.07 Å². The minimum absolute atomic E-state index is 0.134. The van der Waals surface area contributed by atoms with Crippen molar-refractivity contribution in [3.8, 4) is 5.75 Å². The van der Waals surface area contributed by atoms with Crippen LogP contribution in [0.5, 0.6) is 5.75 Å². The minimum Gasteiger partial charge on any atom is -0.490 e. The van der Waals surface area contributed by atoms with E-state index in [0.29, 0.717) is 6.54 Å². The van der Waals surface area contributed by atoms with Crippen molar-refractivity contribution in [2.45, 2.75) is 18.9 Å². The van der Waals surface area contributed by atoms with E-state index >= 15 is 0 Å². The first kappa shape index (κ1) is 18.3. The number of amides is 1. The summed E-state index contributed by atoms with van der Waals surface area (Å²) >= 11 is 1.68. The topological polar surface area (TPSA) is 84.7 Å². The standard InChI is InChI=1S/C18H21N3O4S/c1-25-16-7-6-13(11-14(16)21(23)24)18(22)19-12-15(17-5-4-10-26-17)20-8-2-3-9-20/h4-7,10-11,15H,2-3,8-9,12H2,1H3,(H,19,22)/t15-/m1/s1. The van der Waals surface area contributed by atoms with Crippen LogP contribution in [0.2, 0.25) is 0 Å². The molecule has 2 heterocycles. The molecule has 1 atom stereocenters. The molecule has 138 valence electrons. The average molecular weight is 375 g/mol. The molecular weight excluding hydrogens is 354 g/mol. The number of thiophene rings is 1. The van der Waals surface area contributed by atoms with Gasteiger partial charge in [0.1, 0.15) is 0 Å². The van der Waals surface area contributed by atoms with Crippen molar-refractivity contribution in [2.24, 2.45) is 0 Å².